The van der Waals surface area contributed by atoms with Crippen LogP contribution in [0.15, 0.2) is 18.2 Å². The summed E-state index contributed by atoms with van der Waals surface area (Å²) in [7, 11) is 0. The number of rotatable bonds is 6. The van der Waals surface area contributed by atoms with Crippen LogP contribution in [0, 0.1) is 5.82 Å². The average molecular weight is 297 g/mol. The van der Waals surface area contributed by atoms with E-state index in [2.05, 4.69) is 15.3 Å². The smallest absolute Gasteiger partial charge is 0.249 e. The number of thioether (sulfide) groups is 1. The summed E-state index contributed by atoms with van der Waals surface area (Å²) < 4.78 is 13.0. The van der Waals surface area contributed by atoms with Crippen LogP contribution in [0.1, 0.15) is 12.2 Å². The van der Waals surface area contributed by atoms with Gasteiger partial charge in [0, 0.05) is 0 Å². The van der Waals surface area contributed by atoms with Crippen LogP contribution in [0.4, 0.5) is 4.39 Å². The van der Waals surface area contributed by atoms with Crippen LogP contribution >= 0.6 is 11.8 Å². The zero-order valence-corrected chi connectivity index (χ0v) is 11.8. The van der Waals surface area contributed by atoms with Gasteiger partial charge < -0.3 is 15.4 Å². The third kappa shape index (κ3) is 3.71. The van der Waals surface area contributed by atoms with Gasteiger partial charge in [-0.1, -0.05) is 0 Å². The lowest BCUT2D eigenvalue weighted by atomic mass is 10.2. The molecule has 1 aromatic heterocycles. The second kappa shape index (κ2) is 6.71. The number of benzene rings is 1. The van der Waals surface area contributed by atoms with E-state index >= 15 is 0 Å². The Kier molecular flexibility index (Phi) is 4.97. The molecule has 0 fully saturated rings. The van der Waals surface area contributed by atoms with Gasteiger partial charge in [-0.3, -0.25) is 4.79 Å². The second-order valence-corrected chi connectivity index (χ2v) is 5.35. The normalized spacial score (nSPS) is 12.6. The fourth-order valence-corrected chi connectivity index (χ4v) is 2.23. The first-order valence-corrected chi connectivity index (χ1v) is 7.58. The lowest BCUT2D eigenvalue weighted by Gasteiger charge is -2.09. The molecule has 2 aromatic rings. The molecule has 0 aliphatic rings. The number of nitrogens with one attached hydrogen (secondary N) is 2. The van der Waals surface area contributed by atoms with E-state index in [-0.39, 0.29) is 12.4 Å². The second-order valence-electron chi connectivity index (χ2n) is 4.36. The van der Waals surface area contributed by atoms with Crippen molar-refractivity contribution in [3.63, 3.8) is 0 Å². The molecule has 0 saturated carbocycles. The van der Waals surface area contributed by atoms with Gasteiger partial charge in [-0.2, -0.15) is 11.8 Å². The van der Waals surface area contributed by atoms with Crippen LogP contribution < -0.4 is 5.32 Å². The number of halogens is 1. The third-order valence-electron chi connectivity index (χ3n) is 2.82. The minimum absolute atomic E-state index is 0.172. The van der Waals surface area contributed by atoms with Crippen molar-refractivity contribution < 1.29 is 14.3 Å². The summed E-state index contributed by atoms with van der Waals surface area (Å²) in [5, 5.41) is 12.2. The lowest BCUT2D eigenvalue weighted by molar-refractivity contribution is -0.129. The van der Waals surface area contributed by atoms with Gasteiger partial charge in [0.15, 0.2) is 0 Å². The molecule has 0 saturated heterocycles. The molecular formula is C13H16FN3O2S. The number of nitrogens with zero attached hydrogens (tertiary/aromatic N) is 1. The Morgan fingerprint density at radius 3 is 3.15 bits per heavy atom. The van der Waals surface area contributed by atoms with Gasteiger partial charge in [0.1, 0.15) is 17.7 Å². The topological polar surface area (TPSA) is 78.0 Å². The Balaban J connectivity index is 1.93. The quantitative estimate of drug-likeness (QED) is 0.754. The standard InChI is InChI=1S/C13H16FN3O2S/c1-20-5-4-11(18)13(19)15-7-12-16-9-3-2-8(14)6-10(9)17-12/h2-3,6,11,18H,4-5,7H2,1H3,(H,15,19)(H,16,17). The number of imidazole rings is 1. The van der Waals surface area contributed by atoms with Crippen molar-refractivity contribution in [2.24, 2.45) is 0 Å². The van der Waals surface area contributed by atoms with Gasteiger partial charge in [0.2, 0.25) is 5.91 Å². The van der Waals surface area contributed by atoms with Gasteiger partial charge in [0.25, 0.3) is 0 Å². The van der Waals surface area contributed by atoms with E-state index in [1.807, 2.05) is 6.26 Å². The van der Waals surface area contributed by atoms with Crippen molar-refractivity contribution in [3.05, 3.63) is 29.8 Å². The molecule has 0 aliphatic carbocycles. The maximum absolute atomic E-state index is 13.0. The van der Waals surface area contributed by atoms with E-state index in [0.29, 0.717) is 23.3 Å². The van der Waals surface area contributed by atoms with E-state index < -0.39 is 12.0 Å². The fourth-order valence-electron chi connectivity index (χ4n) is 1.77. The van der Waals surface area contributed by atoms with Gasteiger partial charge in [0.05, 0.1) is 17.6 Å². The number of fused-ring (bicyclic) bond motifs is 1. The van der Waals surface area contributed by atoms with Crippen molar-refractivity contribution in [3.8, 4) is 0 Å². The molecule has 1 unspecified atom stereocenters. The molecule has 0 spiro atoms. The fraction of sp³-hybridized carbons (Fsp3) is 0.385. The summed E-state index contributed by atoms with van der Waals surface area (Å²) in [6, 6.07) is 4.25. The first-order valence-electron chi connectivity index (χ1n) is 6.19. The third-order valence-corrected chi connectivity index (χ3v) is 3.47. The molecule has 0 aliphatic heterocycles. The SMILES string of the molecule is CSCCC(O)C(=O)NCc1nc2ccc(F)cc2[nH]1. The Morgan fingerprint density at radius 2 is 2.40 bits per heavy atom. The highest BCUT2D eigenvalue weighted by Crippen LogP contribution is 2.12. The Morgan fingerprint density at radius 1 is 1.60 bits per heavy atom. The molecule has 1 aromatic carbocycles. The molecule has 20 heavy (non-hydrogen) atoms. The number of carbonyl (C=O) groups is 1. The van der Waals surface area contributed by atoms with Crippen LogP contribution in [0.25, 0.3) is 11.0 Å². The zero-order valence-electron chi connectivity index (χ0n) is 11.0. The highest BCUT2D eigenvalue weighted by atomic mass is 32.2. The molecule has 1 heterocycles. The number of aromatic amines is 1. The first-order chi connectivity index (χ1) is 9.60. The highest BCUT2D eigenvalue weighted by Gasteiger charge is 2.14. The average Bonchev–Trinajstić information content (AvgIpc) is 2.83. The maximum Gasteiger partial charge on any atom is 0.249 e. The first kappa shape index (κ1) is 14.8. The van der Waals surface area contributed by atoms with E-state index in [1.165, 1.54) is 12.1 Å². The maximum atomic E-state index is 13.0. The largest absolute Gasteiger partial charge is 0.383 e. The predicted octanol–water partition coefficient (Wildman–Crippen LogP) is 1.43. The highest BCUT2D eigenvalue weighted by molar-refractivity contribution is 7.98. The van der Waals surface area contributed by atoms with Crippen molar-refractivity contribution in [1.29, 1.82) is 0 Å². The summed E-state index contributed by atoms with van der Waals surface area (Å²) in [5.41, 5.74) is 1.22. The zero-order chi connectivity index (χ0) is 14.5. The van der Waals surface area contributed by atoms with Gasteiger partial charge in [-0.05, 0) is 36.6 Å². The Bertz CT molecular complexity index is 602. The number of amides is 1. The van der Waals surface area contributed by atoms with E-state index in [0.717, 1.165) is 5.75 Å². The number of carbonyl (C=O) groups excluding carboxylic acids is 1. The molecule has 0 radical (unpaired) electrons. The van der Waals surface area contributed by atoms with Crippen LogP contribution in [-0.4, -0.2) is 39.1 Å². The van der Waals surface area contributed by atoms with E-state index in [4.69, 9.17) is 0 Å². The molecule has 3 N–H and O–H groups in total. The van der Waals surface area contributed by atoms with Crippen LogP contribution in [0.3, 0.4) is 0 Å². The summed E-state index contributed by atoms with van der Waals surface area (Å²) in [4.78, 5) is 18.8. The number of hydrogen-bond acceptors (Lipinski definition) is 4. The number of aliphatic hydroxyl groups is 1. The van der Waals surface area contributed by atoms with Crippen LogP contribution in [0.5, 0.6) is 0 Å². The summed E-state index contributed by atoms with van der Waals surface area (Å²) >= 11 is 1.57. The van der Waals surface area contributed by atoms with Crippen molar-refractivity contribution >= 4 is 28.7 Å². The van der Waals surface area contributed by atoms with Gasteiger partial charge >= 0.3 is 0 Å². The Hall–Kier alpha value is -1.60. The summed E-state index contributed by atoms with van der Waals surface area (Å²) in [5.74, 6) is 0.476. The van der Waals surface area contributed by atoms with Crippen molar-refractivity contribution in [1.82, 2.24) is 15.3 Å². The number of aromatic nitrogens is 2. The molecule has 5 nitrogen and oxygen atoms in total. The predicted molar refractivity (Wildman–Crippen MR) is 76.9 cm³/mol. The van der Waals surface area contributed by atoms with Crippen LogP contribution in [-0.2, 0) is 11.3 Å². The Labute approximate surface area is 120 Å². The lowest BCUT2D eigenvalue weighted by Crippen LogP contribution is -2.34. The molecule has 108 valence electrons. The van der Waals surface area contributed by atoms with E-state index in [1.54, 1.807) is 17.8 Å². The molecule has 7 heteroatoms. The monoisotopic (exact) mass is 297 g/mol. The number of H-pyrrole nitrogens is 1. The van der Waals surface area contributed by atoms with Gasteiger partial charge in [-0.25, -0.2) is 9.37 Å². The molecule has 1 amide bonds. The van der Waals surface area contributed by atoms with Gasteiger partial charge in [-0.15, -0.1) is 0 Å². The van der Waals surface area contributed by atoms with Crippen molar-refractivity contribution in [2.75, 3.05) is 12.0 Å². The summed E-state index contributed by atoms with van der Waals surface area (Å²) in [6.07, 6.45) is 1.32. The number of hydrogen-bond donors (Lipinski definition) is 3. The molecule has 1 atom stereocenters. The molecule has 2 rings (SSSR count). The molecule has 0 bridgehead atoms. The van der Waals surface area contributed by atoms with Crippen molar-refractivity contribution in [2.45, 2.75) is 19.1 Å². The van der Waals surface area contributed by atoms with E-state index in [9.17, 15) is 14.3 Å². The number of aliphatic hydroxyl groups excluding tert-OH is 1. The summed E-state index contributed by atoms with van der Waals surface area (Å²) in [6.45, 7) is 0.172. The minimum Gasteiger partial charge on any atom is -0.383 e. The molecular weight excluding hydrogens is 281 g/mol. The van der Waals surface area contributed by atoms with Crippen LogP contribution in [0.2, 0.25) is 0 Å². The minimum atomic E-state index is -1.01.